The van der Waals surface area contributed by atoms with E-state index < -0.39 is 0 Å². The highest BCUT2D eigenvalue weighted by molar-refractivity contribution is 6.39. The van der Waals surface area contributed by atoms with E-state index in [1.54, 1.807) is 6.92 Å². The lowest BCUT2D eigenvalue weighted by molar-refractivity contribution is 0.0524. The summed E-state index contributed by atoms with van der Waals surface area (Å²) in [4.78, 5) is 18.9. The number of halogens is 2. The molecule has 0 aliphatic carbocycles. The van der Waals surface area contributed by atoms with Crippen LogP contribution < -0.4 is 4.90 Å². The van der Waals surface area contributed by atoms with Gasteiger partial charge in [-0.15, -0.1) is 0 Å². The van der Waals surface area contributed by atoms with Crippen molar-refractivity contribution in [2.24, 2.45) is 0 Å². The minimum Gasteiger partial charge on any atom is -0.462 e. The number of para-hydroxylation sites is 1. The smallest absolute Gasteiger partial charge is 0.340 e. The molecular formula is C19H20Cl2N2O2. The lowest BCUT2D eigenvalue weighted by Crippen LogP contribution is -2.45. The maximum absolute atomic E-state index is 12.1. The number of carbonyl (C=O) groups excluding carboxylic acids is 1. The predicted molar refractivity (Wildman–Crippen MR) is 101 cm³/mol. The van der Waals surface area contributed by atoms with Crippen LogP contribution in [0.4, 0.5) is 5.69 Å². The van der Waals surface area contributed by atoms with Gasteiger partial charge in [0.1, 0.15) is 0 Å². The molecule has 0 amide bonds. The Morgan fingerprint density at radius 1 is 1.28 bits per heavy atom. The molecule has 1 saturated heterocycles. The lowest BCUT2D eigenvalue weighted by atomic mass is 9.92. The first-order valence-electron chi connectivity index (χ1n) is 8.26. The Labute approximate surface area is 157 Å². The molecule has 1 aliphatic rings. The van der Waals surface area contributed by atoms with Gasteiger partial charge < -0.3 is 9.64 Å². The third-order valence-electron chi connectivity index (χ3n) is 4.45. The second-order valence-corrected chi connectivity index (χ2v) is 7.03. The van der Waals surface area contributed by atoms with Crippen LogP contribution in [-0.2, 0) is 4.74 Å². The van der Waals surface area contributed by atoms with Gasteiger partial charge in [-0.05, 0) is 44.5 Å². The summed E-state index contributed by atoms with van der Waals surface area (Å²) in [6.07, 6.45) is 0. The highest BCUT2D eigenvalue weighted by Crippen LogP contribution is 2.40. The number of aromatic nitrogens is 1. The van der Waals surface area contributed by atoms with Crippen LogP contribution >= 0.6 is 23.2 Å². The van der Waals surface area contributed by atoms with Gasteiger partial charge in [0.2, 0.25) is 0 Å². The average Bonchev–Trinajstić information content (AvgIpc) is 2.48. The summed E-state index contributed by atoms with van der Waals surface area (Å²) in [5, 5.41) is 1.31. The third-order valence-corrected chi connectivity index (χ3v) is 5.06. The molecule has 6 heteroatoms. The van der Waals surface area contributed by atoms with Crippen molar-refractivity contribution in [3.05, 3.63) is 56.8 Å². The fraction of sp³-hybridized carbons (Fsp3) is 0.368. The second kappa shape index (κ2) is 7.22. The maximum Gasteiger partial charge on any atom is 0.340 e. The van der Waals surface area contributed by atoms with Crippen molar-refractivity contribution in [1.29, 1.82) is 0 Å². The van der Waals surface area contributed by atoms with Crippen molar-refractivity contribution >= 4 is 34.9 Å². The van der Waals surface area contributed by atoms with E-state index in [1.165, 1.54) is 0 Å². The van der Waals surface area contributed by atoms with Crippen LogP contribution in [0.25, 0.3) is 0 Å². The molecule has 4 nitrogen and oxygen atoms in total. The van der Waals surface area contributed by atoms with Crippen molar-refractivity contribution in [2.75, 3.05) is 24.6 Å². The molecule has 1 aromatic heterocycles. The zero-order chi connectivity index (χ0) is 18.1. The number of benzene rings is 1. The monoisotopic (exact) mass is 378 g/mol. The van der Waals surface area contributed by atoms with E-state index in [-0.39, 0.29) is 5.97 Å². The SMILES string of the molecule is CCOC(=O)c1c(C)cc(C2CN(c3c(Cl)cccc3Cl)C2)nc1C. The summed E-state index contributed by atoms with van der Waals surface area (Å²) in [6, 6.07) is 7.51. The van der Waals surface area contributed by atoms with E-state index in [0.29, 0.717) is 33.8 Å². The zero-order valence-electron chi connectivity index (χ0n) is 14.5. The molecular weight excluding hydrogens is 359 g/mol. The molecule has 3 rings (SSSR count). The molecule has 0 N–H and O–H groups in total. The van der Waals surface area contributed by atoms with E-state index in [0.717, 1.165) is 30.0 Å². The Hall–Kier alpha value is -1.78. The normalized spacial score (nSPS) is 14.4. The molecule has 0 unspecified atom stereocenters. The highest BCUT2D eigenvalue weighted by atomic mass is 35.5. The van der Waals surface area contributed by atoms with E-state index >= 15 is 0 Å². The summed E-state index contributed by atoms with van der Waals surface area (Å²) >= 11 is 12.5. The van der Waals surface area contributed by atoms with Crippen LogP contribution in [0.1, 0.15) is 40.2 Å². The van der Waals surface area contributed by atoms with Gasteiger partial charge >= 0.3 is 5.97 Å². The molecule has 0 spiro atoms. The Kier molecular flexibility index (Phi) is 5.21. The van der Waals surface area contributed by atoms with Gasteiger partial charge in [-0.3, -0.25) is 4.98 Å². The Balaban J connectivity index is 1.78. The van der Waals surface area contributed by atoms with Crippen molar-refractivity contribution in [1.82, 2.24) is 4.98 Å². The van der Waals surface area contributed by atoms with Gasteiger partial charge in [-0.1, -0.05) is 29.3 Å². The quantitative estimate of drug-likeness (QED) is 0.717. The lowest BCUT2D eigenvalue weighted by Gasteiger charge is -2.41. The molecule has 0 saturated carbocycles. The number of anilines is 1. The van der Waals surface area contributed by atoms with Crippen molar-refractivity contribution in [2.45, 2.75) is 26.7 Å². The number of rotatable bonds is 4. The zero-order valence-corrected chi connectivity index (χ0v) is 16.0. The van der Waals surface area contributed by atoms with Gasteiger partial charge in [0, 0.05) is 24.7 Å². The van der Waals surface area contributed by atoms with Crippen molar-refractivity contribution in [3.8, 4) is 0 Å². The standard InChI is InChI=1S/C19H20Cl2N2O2/c1-4-25-19(24)17-11(2)8-16(22-12(17)3)13-9-23(10-13)18-14(20)6-5-7-15(18)21/h5-8,13H,4,9-10H2,1-3H3. The first-order valence-corrected chi connectivity index (χ1v) is 9.02. The van der Waals surface area contributed by atoms with Gasteiger partial charge in [-0.2, -0.15) is 0 Å². The van der Waals surface area contributed by atoms with Crippen LogP contribution in [-0.4, -0.2) is 30.6 Å². The van der Waals surface area contributed by atoms with Gasteiger partial charge in [0.05, 0.1) is 33.6 Å². The Morgan fingerprint density at radius 2 is 1.92 bits per heavy atom. The molecule has 2 aromatic rings. The molecule has 1 aliphatic heterocycles. The average molecular weight is 379 g/mol. The third kappa shape index (κ3) is 3.46. The number of hydrogen-bond donors (Lipinski definition) is 0. The topological polar surface area (TPSA) is 42.4 Å². The number of carbonyl (C=O) groups is 1. The number of hydrogen-bond acceptors (Lipinski definition) is 4. The van der Waals surface area contributed by atoms with Crippen LogP contribution in [0.5, 0.6) is 0 Å². The fourth-order valence-corrected chi connectivity index (χ4v) is 3.86. The number of esters is 1. The summed E-state index contributed by atoms with van der Waals surface area (Å²) in [6.45, 7) is 7.53. The first kappa shape index (κ1) is 18.0. The van der Waals surface area contributed by atoms with Gasteiger partial charge in [0.15, 0.2) is 0 Å². The van der Waals surface area contributed by atoms with Crippen LogP contribution in [0.3, 0.4) is 0 Å². The fourth-order valence-electron chi connectivity index (χ4n) is 3.22. The number of nitrogens with zero attached hydrogens (tertiary/aromatic N) is 2. The maximum atomic E-state index is 12.1. The summed E-state index contributed by atoms with van der Waals surface area (Å²) < 4.78 is 5.12. The Bertz CT molecular complexity index is 774. The van der Waals surface area contributed by atoms with Crippen molar-refractivity contribution < 1.29 is 9.53 Å². The summed E-state index contributed by atoms with van der Waals surface area (Å²) in [5.74, 6) is -0.0179. The second-order valence-electron chi connectivity index (χ2n) is 6.22. The van der Waals surface area contributed by atoms with E-state index in [1.807, 2.05) is 38.1 Å². The van der Waals surface area contributed by atoms with E-state index in [4.69, 9.17) is 27.9 Å². The van der Waals surface area contributed by atoms with Gasteiger partial charge in [-0.25, -0.2) is 4.79 Å². The van der Waals surface area contributed by atoms with Gasteiger partial charge in [0.25, 0.3) is 0 Å². The van der Waals surface area contributed by atoms with E-state index in [2.05, 4.69) is 9.88 Å². The predicted octanol–water partition coefficient (Wildman–Crippen LogP) is 4.79. The van der Waals surface area contributed by atoms with Crippen molar-refractivity contribution in [3.63, 3.8) is 0 Å². The Morgan fingerprint density at radius 3 is 2.48 bits per heavy atom. The first-order chi connectivity index (χ1) is 11.9. The molecule has 1 fully saturated rings. The molecule has 132 valence electrons. The van der Waals surface area contributed by atoms with Crippen LogP contribution in [0, 0.1) is 13.8 Å². The number of aryl methyl sites for hydroxylation is 2. The molecule has 0 bridgehead atoms. The molecule has 0 radical (unpaired) electrons. The van der Waals surface area contributed by atoms with Crippen LogP contribution in [0.15, 0.2) is 24.3 Å². The number of ether oxygens (including phenoxy) is 1. The van der Waals surface area contributed by atoms with Crippen LogP contribution in [0.2, 0.25) is 10.0 Å². The summed E-state index contributed by atoms with van der Waals surface area (Å²) in [5.41, 5.74) is 4.04. The molecule has 25 heavy (non-hydrogen) atoms. The minimum atomic E-state index is -0.311. The largest absolute Gasteiger partial charge is 0.462 e. The highest BCUT2D eigenvalue weighted by Gasteiger charge is 2.32. The minimum absolute atomic E-state index is 0.293. The summed E-state index contributed by atoms with van der Waals surface area (Å²) in [7, 11) is 0. The van der Waals surface area contributed by atoms with E-state index in [9.17, 15) is 4.79 Å². The number of pyridine rings is 1. The molecule has 0 atom stereocenters. The molecule has 2 heterocycles. The molecule has 1 aromatic carbocycles.